The van der Waals surface area contributed by atoms with E-state index in [1.165, 1.54) is 24.3 Å². The summed E-state index contributed by atoms with van der Waals surface area (Å²) in [5.41, 5.74) is -1.29. The van der Waals surface area contributed by atoms with Gasteiger partial charge in [0.1, 0.15) is 17.0 Å². The molecule has 0 bridgehead atoms. The Labute approximate surface area is 135 Å². The smallest absolute Gasteiger partial charge is 0.216 e. The first-order valence-corrected chi connectivity index (χ1v) is 8.12. The van der Waals surface area contributed by atoms with Crippen molar-refractivity contribution in [3.05, 3.63) is 23.8 Å². The molecule has 23 heavy (non-hydrogen) atoms. The van der Waals surface area contributed by atoms with Crippen LogP contribution < -0.4 is 10.2 Å². The van der Waals surface area contributed by atoms with Crippen molar-refractivity contribution in [2.45, 2.75) is 25.4 Å². The Morgan fingerprint density at radius 3 is 2.74 bits per heavy atom. The Morgan fingerprint density at radius 2 is 2.09 bits per heavy atom. The highest BCUT2D eigenvalue weighted by molar-refractivity contribution is 7.22. The number of hydrogen-bond donors (Lipinski definition) is 1. The molecule has 2 aromatic rings. The number of nitrogens with zero attached hydrogens (tertiary/aromatic N) is 2. The standard InChI is InChI=1S/C15H16F3N3OS/c1-9(22)19-8-15(18)2-4-21(5-3-15)14-20-13-11(17)6-10(16)7-12(13)23-14/h6-7H,2-5,8H2,1H3,(H,19,22). The summed E-state index contributed by atoms with van der Waals surface area (Å²) >= 11 is 1.19. The topological polar surface area (TPSA) is 45.2 Å². The van der Waals surface area contributed by atoms with Crippen molar-refractivity contribution in [3.63, 3.8) is 0 Å². The number of hydrogen-bond acceptors (Lipinski definition) is 4. The van der Waals surface area contributed by atoms with Crippen LogP contribution in [0.2, 0.25) is 0 Å². The predicted molar refractivity (Wildman–Crippen MR) is 83.5 cm³/mol. The first kappa shape index (κ1) is 16.0. The molecule has 0 aliphatic carbocycles. The molecule has 3 rings (SSSR count). The first-order chi connectivity index (χ1) is 10.9. The molecule has 4 nitrogen and oxygen atoms in total. The van der Waals surface area contributed by atoms with Gasteiger partial charge in [-0.2, -0.15) is 0 Å². The third-order valence-electron chi connectivity index (χ3n) is 3.99. The molecule has 1 aromatic carbocycles. The zero-order valence-electron chi connectivity index (χ0n) is 12.5. The lowest BCUT2D eigenvalue weighted by Crippen LogP contribution is -2.48. The number of fused-ring (bicyclic) bond motifs is 1. The fraction of sp³-hybridized carbons (Fsp3) is 0.467. The summed E-state index contributed by atoms with van der Waals surface area (Å²) in [4.78, 5) is 17.0. The molecule has 1 amide bonds. The monoisotopic (exact) mass is 343 g/mol. The van der Waals surface area contributed by atoms with Crippen molar-refractivity contribution in [2.24, 2.45) is 0 Å². The maximum Gasteiger partial charge on any atom is 0.216 e. The zero-order valence-corrected chi connectivity index (χ0v) is 13.4. The van der Waals surface area contributed by atoms with Crippen LogP contribution in [0.5, 0.6) is 0 Å². The lowest BCUT2D eigenvalue weighted by Gasteiger charge is -2.36. The number of piperidine rings is 1. The molecule has 8 heteroatoms. The van der Waals surface area contributed by atoms with Crippen LogP contribution in [0.15, 0.2) is 12.1 Å². The summed E-state index contributed by atoms with van der Waals surface area (Å²) in [6, 6.07) is 2.06. The van der Waals surface area contributed by atoms with E-state index in [9.17, 15) is 18.0 Å². The molecule has 0 unspecified atom stereocenters. The van der Waals surface area contributed by atoms with Gasteiger partial charge in [-0.25, -0.2) is 18.2 Å². The van der Waals surface area contributed by atoms with Crippen LogP contribution >= 0.6 is 11.3 Å². The maximum atomic E-state index is 14.6. The van der Waals surface area contributed by atoms with Gasteiger partial charge in [-0.05, 0) is 6.07 Å². The molecule has 1 saturated heterocycles. The van der Waals surface area contributed by atoms with Crippen LogP contribution in [0.4, 0.5) is 18.3 Å². The molecule has 1 aliphatic heterocycles. The number of anilines is 1. The Bertz CT molecular complexity index is 741. The van der Waals surface area contributed by atoms with Crippen LogP contribution in [0.3, 0.4) is 0 Å². The molecule has 0 saturated carbocycles. The quantitative estimate of drug-likeness (QED) is 0.932. The van der Waals surface area contributed by atoms with Crippen molar-refractivity contribution in [1.29, 1.82) is 0 Å². The van der Waals surface area contributed by atoms with Gasteiger partial charge in [0, 0.05) is 38.9 Å². The number of benzene rings is 1. The molecule has 1 aromatic heterocycles. The Morgan fingerprint density at radius 1 is 1.39 bits per heavy atom. The summed E-state index contributed by atoms with van der Waals surface area (Å²) in [5, 5.41) is 3.07. The summed E-state index contributed by atoms with van der Waals surface area (Å²) in [6.07, 6.45) is 0.500. The highest BCUT2D eigenvalue weighted by atomic mass is 32.1. The average Bonchev–Trinajstić information content (AvgIpc) is 2.90. The third kappa shape index (κ3) is 3.41. The Hall–Kier alpha value is -1.83. The molecule has 0 radical (unpaired) electrons. The predicted octanol–water partition coefficient (Wildman–Crippen LogP) is 3.02. The van der Waals surface area contributed by atoms with Crippen molar-refractivity contribution >= 4 is 32.6 Å². The van der Waals surface area contributed by atoms with Gasteiger partial charge in [-0.1, -0.05) is 11.3 Å². The number of alkyl halides is 1. The SMILES string of the molecule is CC(=O)NCC1(F)CCN(c2nc3c(F)cc(F)cc3s2)CC1. The number of carbonyl (C=O) groups is 1. The number of thiazole rings is 1. The van der Waals surface area contributed by atoms with E-state index in [1.807, 2.05) is 4.90 Å². The summed E-state index contributed by atoms with van der Waals surface area (Å²) in [5.74, 6) is -1.58. The average molecular weight is 343 g/mol. The molecule has 0 spiro atoms. The van der Waals surface area contributed by atoms with Crippen LogP contribution in [-0.4, -0.2) is 36.2 Å². The second kappa shape index (κ2) is 5.99. The number of amides is 1. The minimum Gasteiger partial charge on any atom is -0.353 e. The largest absolute Gasteiger partial charge is 0.353 e. The van der Waals surface area contributed by atoms with Gasteiger partial charge in [0.05, 0.1) is 11.2 Å². The molecule has 1 aliphatic rings. The number of nitrogens with one attached hydrogen (secondary N) is 1. The molecular formula is C15H16F3N3OS. The summed E-state index contributed by atoms with van der Waals surface area (Å²) < 4.78 is 42.0. The van der Waals surface area contributed by atoms with Gasteiger partial charge in [-0.15, -0.1) is 0 Å². The van der Waals surface area contributed by atoms with Crippen molar-refractivity contribution in [2.75, 3.05) is 24.5 Å². The molecule has 2 heterocycles. The molecule has 0 atom stereocenters. The second-order valence-electron chi connectivity index (χ2n) is 5.78. The van der Waals surface area contributed by atoms with Crippen molar-refractivity contribution in [3.8, 4) is 0 Å². The van der Waals surface area contributed by atoms with E-state index in [2.05, 4.69) is 10.3 Å². The van der Waals surface area contributed by atoms with Crippen LogP contribution in [0.25, 0.3) is 10.2 Å². The van der Waals surface area contributed by atoms with Gasteiger partial charge < -0.3 is 10.2 Å². The van der Waals surface area contributed by atoms with E-state index < -0.39 is 17.3 Å². The van der Waals surface area contributed by atoms with E-state index >= 15 is 0 Å². The Balaban J connectivity index is 1.72. The lowest BCUT2D eigenvalue weighted by molar-refractivity contribution is -0.119. The maximum absolute atomic E-state index is 14.6. The Kier molecular flexibility index (Phi) is 4.18. The van der Waals surface area contributed by atoms with Crippen molar-refractivity contribution in [1.82, 2.24) is 10.3 Å². The van der Waals surface area contributed by atoms with Crippen LogP contribution in [0.1, 0.15) is 19.8 Å². The minimum atomic E-state index is -1.43. The zero-order chi connectivity index (χ0) is 16.6. The van der Waals surface area contributed by atoms with Crippen LogP contribution in [0, 0.1) is 11.6 Å². The number of carbonyl (C=O) groups excluding carboxylic acids is 1. The fourth-order valence-electron chi connectivity index (χ4n) is 2.64. The molecule has 1 fully saturated rings. The highest BCUT2D eigenvalue weighted by Crippen LogP contribution is 2.34. The number of halogens is 3. The van der Waals surface area contributed by atoms with E-state index in [-0.39, 0.29) is 30.8 Å². The van der Waals surface area contributed by atoms with Gasteiger partial charge in [0.15, 0.2) is 10.9 Å². The van der Waals surface area contributed by atoms with Gasteiger partial charge in [-0.3, -0.25) is 4.79 Å². The lowest BCUT2D eigenvalue weighted by atomic mass is 9.93. The van der Waals surface area contributed by atoms with E-state index in [0.29, 0.717) is 22.9 Å². The normalized spacial score (nSPS) is 17.5. The van der Waals surface area contributed by atoms with Gasteiger partial charge in [0.2, 0.25) is 5.91 Å². The van der Waals surface area contributed by atoms with Gasteiger partial charge in [0.25, 0.3) is 0 Å². The van der Waals surface area contributed by atoms with Crippen molar-refractivity contribution < 1.29 is 18.0 Å². The minimum absolute atomic E-state index is 0.00411. The molecule has 1 N–H and O–H groups in total. The fourth-order valence-corrected chi connectivity index (χ4v) is 3.70. The van der Waals surface area contributed by atoms with E-state index in [1.54, 1.807) is 0 Å². The third-order valence-corrected chi connectivity index (χ3v) is 5.05. The highest BCUT2D eigenvalue weighted by Gasteiger charge is 2.35. The van der Waals surface area contributed by atoms with E-state index in [0.717, 1.165) is 6.07 Å². The second-order valence-corrected chi connectivity index (χ2v) is 6.79. The summed E-state index contributed by atoms with van der Waals surface area (Å²) in [7, 11) is 0. The number of aromatic nitrogens is 1. The van der Waals surface area contributed by atoms with Crippen LogP contribution in [-0.2, 0) is 4.79 Å². The van der Waals surface area contributed by atoms with Gasteiger partial charge >= 0.3 is 0 Å². The first-order valence-electron chi connectivity index (χ1n) is 7.30. The molecular weight excluding hydrogens is 327 g/mol. The number of rotatable bonds is 3. The summed E-state index contributed by atoms with van der Waals surface area (Å²) in [6.45, 7) is 2.18. The molecule has 124 valence electrons. The van der Waals surface area contributed by atoms with E-state index in [4.69, 9.17) is 0 Å².